The summed E-state index contributed by atoms with van der Waals surface area (Å²) in [5, 5.41) is 3.54. The van der Waals surface area contributed by atoms with Crippen LogP contribution in [0.15, 0.2) is 12.2 Å². The van der Waals surface area contributed by atoms with Crippen LogP contribution in [0.3, 0.4) is 0 Å². The monoisotopic (exact) mass is 168 g/mol. The van der Waals surface area contributed by atoms with E-state index in [0.717, 1.165) is 19.5 Å². The van der Waals surface area contributed by atoms with Crippen LogP contribution in [-0.4, -0.2) is 18.6 Å². The molecule has 0 aromatic rings. The molecule has 2 heteroatoms. The minimum absolute atomic E-state index is 0.307. The van der Waals surface area contributed by atoms with Crippen molar-refractivity contribution in [2.24, 2.45) is 5.73 Å². The van der Waals surface area contributed by atoms with Crippen molar-refractivity contribution in [1.29, 1.82) is 0 Å². The first-order valence-electron chi connectivity index (χ1n) is 4.89. The molecule has 0 saturated heterocycles. The molecule has 0 heterocycles. The lowest BCUT2D eigenvalue weighted by atomic mass is 9.77. The number of hydrogen-bond acceptors (Lipinski definition) is 2. The largest absolute Gasteiger partial charge is 0.329 e. The summed E-state index contributed by atoms with van der Waals surface area (Å²) >= 11 is 0. The zero-order chi connectivity index (χ0) is 8.86. The molecule has 3 N–H and O–H groups in total. The highest BCUT2D eigenvalue weighted by molar-refractivity contribution is 4.97. The molecule has 0 spiro atoms. The van der Waals surface area contributed by atoms with E-state index in [1.54, 1.807) is 0 Å². The third-order valence-corrected chi connectivity index (χ3v) is 2.75. The average molecular weight is 168 g/mol. The summed E-state index contributed by atoms with van der Waals surface area (Å²) in [5.41, 5.74) is 6.01. The van der Waals surface area contributed by atoms with E-state index in [1.807, 2.05) is 0 Å². The van der Waals surface area contributed by atoms with Crippen LogP contribution in [-0.2, 0) is 0 Å². The molecule has 0 atom stereocenters. The molecule has 1 fully saturated rings. The van der Waals surface area contributed by atoms with Gasteiger partial charge in [0.2, 0.25) is 0 Å². The normalized spacial score (nSPS) is 21.2. The average Bonchev–Trinajstić information content (AvgIpc) is 2.02. The van der Waals surface area contributed by atoms with Crippen LogP contribution in [0.4, 0.5) is 0 Å². The molecule has 2 nitrogen and oxygen atoms in total. The van der Waals surface area contributed by atoms with E-state index in [9.17, 15) is 0 Å². The zero-order valence-electron chi connectivity index (χ0n) is 7.97. The van der Waals surface area contributed by atoms with Gasteiger partial charge in [-0.05, 0) is 39.2 Å². The Kier molecular flexibility index (Phi) is 3.76. The van der Waals surface area contributed by atoms with Gasteiger partial charge in [0.15, 0.2) is 0 Å². The van der Waals surface area contributed by atoms with Crippen molar-refractivity contribution in [3.63, 3.8) is 0 Å². The Labute approximate surface area is 75.2 Å². The Bertz CT molecular complexity index is 142. The third-order valence-electron chi connectivity index (χ3n) is 2.75. The number of rotatable bonds is 5. The van der Waals surface area contributed by atoms with Crippen LogP contribution in [0.2, 0.25) is 0 Å². The first kappa shape index (κ1) is 9.75. The maximum absolute atomic E-state index is 5.70. The maximum Gasteiger partial charge on any atom is 0.0304 e. The molecule has 1 rings (SSSR count). The quantitative estimate of drug-likeness (QED) is 0.481. The van der Waals surface area contributed by atoms with Gasteiger partial charge in [-0.1, -0.05) is 12.2 Å². The van der Waals surface area contributed by atoms with Gasteiger partial charge in [-0.15, -0.1) is 0 Å². The minimum atomic E-state index is 0.307. The number of allylic oxidation sites excluding steroid dienone is 1. The minimum Gasteiger partial charge on any atom is -0.329 e. The zero-order valence-corrected chi connectivity index (χ0v) is 7.97. The van der Waals surface area contributed by atoms with Crippen molar-refractivity contribution in [2.75, 3.05) is 13.1 Å². The summed E-state index contributed by atoms with van der Waals surface area (Å²) in [7, 11) is 0. The highest BCUT2D eigenvalue weighted by Crippen LogP contribution is 2.30. The molecular weight excluding hydrogens is 148 g/mol. The van der Waals surface area contributed by atoms with E-state index in [4.69, 9.17) is 5.73 Å². The molecule has 1 aliphatic rings. The van der Waals surface area contributed by atoms with E-state index in [2.05, 4.69) is 24.4 Å². The summed E-state index contributed by atoms with van der Waals surface area (Å²) < 4.78 is 0. The van der Waals surface area contributed by atoms with E-state index in [0.29, 0.717) is 5.54 Å². The number of hydrogen-bond donors (Lipinski definition) is 2. The Morgan fingerprint density at radius 2 is 2.25 bits per heavy atom. The number of nitrogens with one attached hydrogen (secondary N) is 1. The highest BCUT2D eigenvalue weighted by Gasteiger charge is 2.34. The van der Waals surface area contributed by atoms with Crippen LogP contribution in [0.1, 0.15) is 32.6 Å². The van der Waals surface area contributed by atoms with Gasteiger partial charge < -0.3 is 11.1 Å². The third kappa shape index (κ3) is 2.32. The van der Waals surface area contributed by atoms with Gasteiger partial charge in [0.05, 0.1) is 0 Å². The van der Waals surface area contributed by atoms with E-state index >= 15 is 0 Å². The number of nitrogens with two attached hydrogens (primary N) is 1. The smallest absolute Gasteiger partial charge is 0.0304 e. The summed E-state index contributed by atoms with van der Waals surface area (Å²) in [6.45, 7) is 3.92. The first-order valence-corrected chi connectivity index (χ1v) is 4.89. The second-order valence-corrected chi connectivity index (χ2v) is 3.62. The Balaban J connectivity index is 2.12. The molecular formula is C10H20N2. The van der Waals surface area contributed by atoms with Crippen molar-refractivity contribution in [3.05, 3.63) is 12.2 Å². The predicted molar refractivity (Wildman–Crippen MR) is 53.1 cm³/mol. The molecule has 0 aromatic heterocycles. The molecule has 12 heavy (non-hydrogen) atoms. The molecule has 1 saturated carbocycles. The van der Waals surface area contributed by atoms with Gasteiger partial charge in [-0.25, -0.2) is 0 Å². The van der Waals surface area contributed by atoms with Gasteiger partial charge in [0, 0.05) is 12.1 Å². The molecule has 0 unspecified atom stereocenters. The van der Waals surface area contributed by atoms with Gasteiger partial charge in [0.1, 0.15) is 0 Å². The van der Waals surface area contributed by atoms with Crippen LogP contribution >= 0.6 is 0 Å². The second-order valence-electron chi connectivity index (χ2n) is 3.62. The fourth-order valence-corrected chi connectivity index (χ4v) is 1.64. The maximum atomic E-state index is 5.70. The summed E-state index contributed by atoms with van der Waals surface area (Å²) in [4.78, 5) is 0. The highest BCUT2D eigenvalue weighted by atomic mass is 15.0. The van der Waals surface area contributed by atoms with E-state index < -0.39 is 0 Å². The topological polar surface area (TPSA) is 38.0 Å². The van der Waals surface area contributed by atoms with Crippen molar-refractivity contribution in [1.82, 2.24) is 5.32 Å². The van der Waals surface area contributed by atoms with Crippen molar-refractivity contribution in [2.45, 2.75) is 38.1 Å². The molecule has 1 aliphatic carbocycles. The fourth-order valence-electron chi connectivity index (χ4n) is 1.64. The lowest BCUT2D eigenvalue weighted by Crippen LogP contribution is -2.56. The predicted octanol–water partition coefficient (Wildman–Crippen LogP) is 1.42. The Morgan fingerprint density at radius 1 is 1.50 bits per heavy atom. The molecule has 70 valence electrons. The van der Waals surface area contributed by atoms with Crippen LogP contribution in [0, 0.1) is 0 Å². The van der Waals surface area contributed by atoms with Gasteiger partial charge >= 0.3 is 0 Å². The van der Waals surface area contributed by atoms with Gasteiger partial charge in [0.25, 0.3) is 0 Å². The summed E-state index contributed by atoms with van der Waals surface area (Å²) in [6, 6.07) is 0. The first-order chi connectivity index (χ1) is 5.83. The molecule has 0 aliphatic heterocycles. The molecule has 0 amide bonds. The van der Waals surface area contributed by atoms with Crippen molar-refractivity contribution in [3.8, 4) is 0 Å². The Morgan fingerprint density at radius 3 is 2.67 bits per heavy atom. The SMILES string of the molecule is C/C=C/CCNC1(CN)CCC1. The summed E-state index contributed by atoms with van der Waals surface area (Å²) in [5.74, 6) is 0. The lowest BCUT2D eigenvalue weighted by Gasteiger charge is -2.42. The van der Waals surface area contributed by atoms with Crippen molar-refractivity contribution >= 4 is 0 Å². The molecule has 0 bridgehead atoms. The van der Waals surface area contributed by atoms with Crippen LogP contribution in [0.5, 0.6) is 0 Å². The van der Waals surface area contributed by atoms with Crippen LogP contribution in [0.25, 0.3) is 0 Å². The van der Waals surface area contributed by atoms with E-state index in [-0.39, 0.29) is 0 Å². The van der Waals surface area contributed by atoms with Gasteiger partial charge in [-0.3, -0.25) is 0 Å². The lowest BCUT2D eigenvalue weighted by molar-refractivity contribution is 0.195. The fraction of sp³-hybridized carbons (Fsp3) is 0.800. The molecule has 0 radical (unpaired) electrons. The second kappa shape index (κ2) is 4.63. The van der Waals surface area contributed by atoms with Gasteiger partial charge in [-0.2, -0.15) is 0 Å². The molecule has 0 aromatic carbocycles. The van der Waals surface area contributed by atoms with Crippen LogP contribution < -0.4 is 11.1 Å². The Hall–Kier alpha value is -0.340. The van der Waals surface area contributed by atoms with E-state index in [1.165, 1.54) is 19.3 Å². The summed E-state index contributed by atoms with van der Waals surface area (Å²) in [6.07, 6.45) is 9.28. The standard InChI is InChI=1S/C10H20N2/c1-2-3-4-8-12-10(9-11)6-5-7-10/h2-3,12H,4-9,11H2,1H3/b3-2+. The van der Waals surface area contributed by atoms with Crippen molar-refractivity contribution < 1.29 is 0 Å².